The Labute approximate surface area is 323 Å². The van der Waals surface area contributed by atoms with Crippen molar-refractivity contribution in [2.75, 3.05) is 4.90 Å². The predicted molar refractivity (Wildman–Crippen MR) is 234 cm³/mol. The minimum absolute atomic E-state index is 0.0921. The van der Waals surface area contributed by atoms with Crippen LogP contribution in [0.4, 0.5) is 17.1 Å². The molecule has 0 aromatic heterocycles. The van der Waals surface area contributed by atoms with Crippen molar-refractivity contribution in [3.05, 3.63) is 222 Å². The van der Waals surface area contributed by atoms with Crippen molar-refractivity contribution in [2.24, 2.45) is 0 Å². The molecule has 0 spiro atoms. The summed E-state index contributed by atoms with van der Waals surface area (Å²) in [7, 11) is 0. The molecule has 9 aromatic carbocycles. The van der Waals surface area contributed by atoms with Crippen LogP contribution in [0.25, 0.3) is 54.9 Å². The molecule has 0 aliphatic heterocycles. The largest absolute Gasteiger partial charge is 0.310 e. The summed E-state index contributed by atoms with van der Waals surface area (Å²) in [6.07, 6.45) is 0.894. The zero-order valence-electron chi connectivity index (χ0n) is 31.2. The van der Waals surface area contributed by atoms with Crippen molar-refractivity contribution >= 4 is 38.6 Å². The van der Waals surface area contributed by atoms with E-state index >= 15 is 0 Å². The number of hydrogen-bond donors (Lipinski definition) is 0. The Morgan fingerprint density at radius 3 is 1.73 bits per heavy atom. The van der Waals surface area contributed by atoms with Crippen molar-refractivity contribution in [1.29, 1.82) is 0 Å². The van der Waals surface area contributed by atoms with Gasteiger partial charge in [0.15, 0.2) is 0 Å². The van der Waals surface area contributed by atoms with E-state index in [-0.39, 0.29) is 5.41 Å². The Kier molecular flexibility index (Phi) is 7.96. The topological polar surface area (TPSA) is 3.24 Å². The lowest BCUT2D eigenvalue weighted by atomic mass is 9.82. The predicted octanol–water partition coefficient (Wildman–Crippen LogP) is 14.7. The molecule has 1 aliphatic carbocycles. The molecule has 0 N–H and O–H groups in total. The van der Waals surface area contributed by atoms with Crippen molar-refractivity contribution in [3.8, 4) is 33.4 Å². The van der Waals surface area contributed by atoms with Gasteiger partial charge < -0.3 is 4.90 Å². The second-order valence-electron chi connectivity index (χ2n) is 15.3. The van der Waals surface area contributed by atoms with Gasteiger partial charge in [-0.25, -0.2) is 0 Å². The van der Waals surface area contributed by atoms with E-state index in [1.165, 1.54) is 77.2 Å². The molecule has 1 nitrogen and oxygen atoms in total. The molecule has 1 heteroatoms. The molecule has 9 aromatic rings. The first-order chi connectivity index (χ1) is 27.0. The average Bonchev–Trinajstić information content (AvgIpc) is 3.47. The van der Waals surface area contributed by atoms with E-state index in [9.17, 15) is 0 Å². The first-order valence-electron chi connectivity index (χ1n) is 19.3. The Hall–Kier alpha value is -6.70. The second-order valence-corrected chi connectivity index (χ2v) is 15.3. The molecule has 0 unspecified atom stereocenters. The van der Waals surface area contributed by atoms with Gasteiger partial charge >= 0.3 is 0 Å². The van der Waals surface area contributed by atoms with Crippen LogP contribution in [-0.4, -0.2) is 0 Å². The van der Waals surface area contributed by atoms with Crippen LogP contribution in [0.5, 0.6) is 0 Å². The first-order valence-corrected chi connectivity index (χ1v) is 19.3. The maximum absolute atomic E-state index is 2.42. The lowest BCUT2D eigenvalue weighted by Gasteiger charge is -2.28. The van der Waals surface area contributed by atoms with Gasteiger partial charge in [-0.15, -0.1) is 0 Å². The Bertz CT molecular complexity index is 2830. The summed E-state index contributed by atoms with van der Waals surface area (Å²) in [6.45, 7) is 4.71. The molecule has 10 rings (SSSR count). The second kappa shape index (κ2) is 13.3. The van der Waals surface area contributed by atoms with E-state index < -0.39 is 0 Å². The highest BCUT2D eigenvalue weighted by molar-refractivity contribution is 6.15. The third-order valence-electron chi connectivity index (χ3n) is 11.7. The normalized spacial score (nSPS) is 12.8. The van der Waals surface area contributed by atoms with Crippen LogP contribution < -0.4 is 4.90 Å². The Morgan fingerprint density at radius 2 is 0.964 bits per heavy atom. The fraction of sp³-hybridized carbons (Fsp3) is 0.0741. The molecular formula is C54H41N. The van der Waals surface area contributed by atoms with Crippen LogP contribution >= 0.6 is 0 Å². The van der Waals surface area contributed by atoms with Crippen LogP contribution in [0, 0.1) is 0 Å². The maximum Gasteiger partial charge on any atom is 0.0465 e. The zero-order chi connectivity index (χ0) is 36.9. The van der Waals surface area contributed by atoms with E-state index in [4.69, 9.17) is 0 Å². The van der Waals surface area contributed by atoms with Gasteiger partial charge in [0.05, 0.1) is 0 Å². The minimum atomic E-state index is -0.0921. The van der Waals surface area contributed by atoms with Gasteiger partial charge in [0.1, 0.15) is 0 Å². The van der Waals surface area contributed by atoms with Crippen molar-refractivity contribution < 1.29 is 0 Å². The van der Waals surface area contributed by atoms with Gasteiger partial charge in [0.25, 0.3) is 0 Å². The van der Waals surface area contributed by atoms with Crippen LogP contribution in [0.1, 0.15) is 36.1 Å². The smallest absolute Gasteiger partial charge is 0.0465 e. The van der Waals surface area contributed by atoms with Gasteiger partial charge in [-0.05, 0) is 120 Å². The number of hydrogen-bond acceptors (Lipinski definition) is 1. The summed E-state index contributed by atoms with van der Waals surface area (Å²) in [5, 5.41) is 5.19. The van der Waals surface area contributed by atoms with E-state index in [2.05, 4.69) is 219 Å². The van der Waals surface area contributed by atoms with Crippen LogP contribution in [0.3, 0.4) is 0 Å². The van der Waals surface area contributed by atoms with Crippen LogP contribution in [-0.2, 0) is 11.8 Å². The molecule has 55 heavy (non-hydrogen) atoms. The van der Waals surface area contributed by atoms with Crippen LogP contribution in [0.2, 0.25) is 0 Å². The molecule has 0 radical (unpaired) electrons. The molecule has 0 saturated carbocycles. The fourth-order valence-electron chi connectivity index (χ4n) is 8.93. The Balaban J connectivity index is 1.10. The van der Waals surface area contributed by atoms with Gasteiger partial charge in [-0.1, -0.05) is 178 Å². The molecule has 0 saturated heterocycles. The summed E-state index contributed by atoms with van der Waals surface area (Å²) in [4.78, 5) is 2.41. The molecular weight excluding hydrogens is 663 g/mol. The molecule has 0 atom stereocenters. The third kappa shape index (κ3) is 5.72. The monoisotopic (exact) mass is 703 g/mol. The quantitative estimate of drug-likeness (QED) is 0.149. The highest BCUT2D eigenvalue weighted by atomic mass is 15.1. The number of nitrogens with zero attached hydrogens (tertiary/aromatic N) is 1. The lowest BCUT2D eigenvalue weighted by Crippen LogP contribution is -2.16. The van der Waals surface area contributed by atoms with Crippen molar-refractivity contribution in [2.45, 2.75) is 25.7 Å². The molecule has 262 valence electrons. The first kappa shape index (κ1) is 32.9. The third-order valence-corrected chi connectivity index (χ3v) is 11.7. The number of rotatable bonds is 7. The van der Waals surface area contributed by atoms with E-state index in [1.54, 1.807) is 0 Å². The highest BCUT2D eigenvalue weighted by Gasteiger charge is 2.35. The molecule has 0 fully saturated rings. The highest BCUT2D eigenvalue weighted by Crippen LogP contribution is 2.51. The Morgan fingerprint density at radius 1 is 0.400 bits per heavy atom. The van der Waals surface area contributed by atoms with E-state index in [0.29, 0.717) is 0 Å². The standard InChI is InChI=1S/C54H41N/c1-54(2)51-23-12-11-20-49(51)50-33-32-45(36-52(50)54)55(43-28-24-39(25-29-43)38-16-7-4-8-17-38)44-30-26-40(27-31-44)46-21-13-22-48-42(34-37-14-5-3-6-15-37)35-41-18-9-10-19-47(41)53(46)48/h3-33,35-36H,34H2,1-2H3. The van der Waals surface area contributed by atoms with Gasteiger partial charge in [0.2, 0.25) is 0 Å². The molecule has 1 aliphatic rings. The molecule has 0 heterocycles. The summed E-state index contributed by atoms with van der Waals surface area (Å²) in [5.41, 5.74) is 16.3. The minimum Gasteiger partial charge on any atom is -0.310 e. The van der Waals surface area contributed by atoms with Crippen molar-refractivity contribution in [3.63, 3.8) is 0 Å². The van der Waals surface area contributed by atoms with Crippen molar-refractivity contribution in [1.82, 2.24) is 0 Å². The summed E-state index contributed by atoms with van der Waals surface area (Å²) in [5.74, 6) is 0. The SMILES string of the molecule is CC1(C)c2ccccc2-c2ccc(N(c3ccc(-c4ccccc4)cc3)c3ccc(-c4cccc5c(Cc6ccccc6)cc6ccccc6c45)cc3)cc21. The fourth-order valence-corrected chi connectivity index (χ4v) is 8.93. The lowest BCUT2D eigenvalue weighted by molar-refractivity contribution is 0.660. The van der Waals surface area contributed by atoms with Gasteiger partial charge in [-0.2, -0.15) is 0 Å². The van der Waals surface area contributed by atoms with Gasteiger partial charge in [0, 0.05) is 22.5 Å². The molecule has 0 bridgehead atoms. The summed E-state index contributed by atoms with van der Waals surface area (Å²) in [6, 6.07) is 73.6. The number of fused-ring (bicyclic) bond motifs is 6. The summed E-state index contributed by atoms with van der Waals surface area (Å²) < 4.78 is 0. The summed E-state index contributed by atoms with van der Waals surface area (Å²) >= 11 is 0. The maximum atomic E-state index is 2.42. The number of anilines is 3. The van der Waals surface area contributed by atoms with Gasteiger partial charge in [-0.3, -0.25) is 0 Å². The van der Waals surface area contributed by atoms with E-state index in [0.717, 1.165) is 23.5 Å². The average molecular weight is 704 g/mol. The molecule has 0 amide bonds. The van der Waals surface area contributed by atoms with Crippen LogP contribution in [0.15, 0.2) is 200 Å². The zero-order valence-corrected chi connectivity index (χ0v) is 31.2. The van der Waals surface area contributed by atoms with E-state index in [1.807, 2.05) is 0 Å². The number of benzene rings is 9.